The molecular weight excluding hydrogens is 447 g/mol. The first-order chi connectivity index (χ1) is 16.0. The smallest absolute Gasteiger partial charge is 0.248 e. The van der Waals surface area contributed by atoms with E-state index >= 15 is 0 Å². The van der Waals surface area contributed by atoms with Crippen molar-refractivity contribution in [1.29, 1.82) is 5.26 Å². The maximum Gasteiger partial charge on any atom is 0.248 e. The number of rotatable bonds is 9. The van der Waals surface area contributed by atoms with Crippen LogP contribution < -0.4 is 19.5 Å². The van der Waals surface area contributed by atoms with Crippen molar-refractivity contribution in [3.63, 3.8) is 0 Å². The summed E-state index contributed by atoms with van der Waals surface area (Å²) in [5.41, 5.74) is 1.88. The Balaban J connectivity index is 1.59. The second-order valence-corrected chi connectivity index (χ2v) is 7.15. The number of nitriles is 1. The van der Waals surface area contributed by atoms with Gasteiger partial charge in [0.15, 0.2) is 18.1 Å². The van der Waals surface area contributed by atoms with Crippen LogP contribution in [-0.4, -0.2) is 19.6 Å². The fourth-order valence-corrected chi connectivity index (χ4v) is 3.09. The number of carbonyl (C=O) groups is 1. The number of ether oxygens (including phenoxy) is 3. The van der Waals surface area contributed by atoms with E-state index in [0.717, 1.165) is 0 Å². The van der Waals surface area contributed by atoms with Crippen molar-refractivity contribution in [1.82, 2.24) is 0 Å². The zero-order valence-electron chi connectivity index (χ0n) is 17.7. The van der Waals surface area contributed by atoms with Gasteiger partial charge in [0.1, 0.15) is 24.2 Å². The Morgan fingerprint density at radius 2 is 1.91 bits per heavy atom. The Labute approximate surface area is 195 Å². The summed E-state index contributed by atoms with van der Waals surface area (Å²) in [7, 11) is 1.49. The third-order valence-corrected chi connectivity index (χ3v) is 4.69. The zero-order valence-corrected chi connectivity index (χ0v) is 18.4. The lowest BCUT2D eigenvalue weighted by molar-refractivity contribution is -0.111. The number of benzene rings is 3. The Bertz CT molecular complexity index is 1210. The van der Waals surface area contributed by atoms with E-state index < -0.39 is 0 Å². The molecular formula is C25H20ClFN2O4. The highest BCUT2D eigenvalue weighted by atomic mass is 35.5. The van der Waals surface area contributed by atoms with Gasteiger partial charge in [0.25, 0.3) is 0 Å². The Morgan fingerprint density at radius 1 is 1.09 bits per heavy atom. The molecule has 0 heterocycles. The van der Waals surface area contributed by atoms with E-state index in [0.29, 0.717) is 39.1 Å². The lowest BCUT2D eigenvalue weighted by atomic mass is 10.2. The van der Waals surface area contributed by atoms with E-state index in [9.17, 15) is 9.18 Å². The van der Waals surface area contributed by atoms with E-state index in [4.69, 9.17) is 31.1 Å². The molecule has 0 unspecified atom stereocenters. The lowest BCUT2D eigenvalue weighted by Crippen LogP contribution is -2.07. The van der Waals surface area contributed by atoms with Crippen molar-refractivity contribution in [2.75, 3.05) is 19.0 Å². The van der Waals surface area contributed by atoms with Crippen LogP contribution in [0.15, 0.2) is 66.7 Å². The normalized spacial score (nSPS) is 10.5. The summed E-state index contributed by atoms with van der Waals surface area (Å²) in [4.78, 5) is 12.3. The first kappa shape index (κ1) is 23.6. The summed E-state index contributed by atoms with van der Waals surface area (Å²) in [5.74, 6) is 0.613. The molecule has 0 radical (unpaired) electrons. The molecule has 0 aliphatic heterocycles. The number of halogens is 2. The molecule has 33 heavy (non-hydrogen) atoms. The second kappa shape index (κ2) is 11.6. The fraction of sp³-hybridized carbons (Fsp3) is 0.120. The number of nitrogens with one attached hydrogen (secondary N) is 1. The van der Waals surface area contributed by atoms with Crippen LogP contribution in [0, 0.1) is 17.1 Å². The summed E-state index contributed by atoms with van der Waals surface area (Å²) in [6.07, 6.45) is 2.98. The summed E-state index contributed by atoms with van der Waals surface area (Å²) in [5, 5.41) is 11.7. The molecule has 0 bridgehead atoms. The van der Waals surface area contributed by atoms with Gasteiger partial charge in [-0.3, -0.25) is 4.79 Å². The molecule has 3 rings (SSSR count). The van der Waals surface area contributed by atoms with Gasteiger partial charge in [-0.1, -0.05) is 29.8 Å². The average Bonchev–Trinajstić information content (AvgIpc) is 2.81. The van der Waals surface area contributed by atoms with Gasteiger partial charge >= 0.3 is 0 Å². The molecule has 3 aromatic rings. The van der Waals surface area contributed by atoms with Crippen molar-refractivity contribution >= 4 is 29.3 Å². The molecule has 0 atom stereocenters. The first-order valence-corrected chi connectivity index (χ1v) is 10.2. The molecule has 0 saturated carbocycles. The predicted molar refractivity (Wildman–Crippen MR) is 124 cm³/mol. The molecule has 168 valence electrons. The summed E-state index contributed by atoms with van der Waals surface area (Å²) in [6.45, 7) is 0.0703. The molecule has 0 spiro atoms. The maximum atomic E-state index is 13.3. The van der Waals surface area contributed by atoms with Crippen molar-refractivity contribution in [3.05, 3.63) is 88.7 Å². The van der Waals surface area contributed by atoms with Gasteiger partial charge in [-0.05, 0) is 59.7 Å². The number of nitrogens with zero attached hydrogens (tertiary/aromatic N) is 1. The van der Waals surface area contributed by atoms with Crippen molar-refractivity contribution in [2.24, 2.45) is 0 Å². The third-order valence-electron chi connectivity index (χ3n) is 4.39. The zero-order chi connectivity index (χ0) is 23.6. The predicted octanol–water partition coefficient (Wildman–Crippen LogP) is 5.62. The van der Waals surface area contributed by atoms with E-state index in [1.807, 2.05) is 6.07 Å². The van der Waals surface area contributed by atoms with Crippen molar-refractivity contribution in [3.8, 4) is 23.3 Å². The minimum atomic E-state index is -0.358. The summed E-state index contributed by atoms with van der Waals surface area (Å²) < 4.78 is 29.4. The largest absolute Gasteiger partial charge is 0.493 e. The molecule has 1 amide bonds. The number of amides is 1. The van der Waals surface area contributed by atoms with Crippen molar-refractivity contribution in [2.45, 2.75) is 6.61 Å². The minimum Gasteiger partial charge on any atom is -0.493 e. The van der Waals surface area contributed by atoms with Gasteiger partial charge < -0.3 is 19.5 Å². The van der Waals surface area contributed by atoms with Gasteiger partial charge in [-0.15, -0.1) is 0 Å². The molecule has 0 aliphatic carbocycles. The molecule has 0 aliphatic rings. The van der Waals surface area contributed by atoms with Gasteiger partial charge in [-0.25, -0.2) is 4.39 Å². The van der Waals surface area contributed by atoms with Crippen LogP contribution in [-0.2, 0) is 11.4 Å². The minimum absolute atomic E-state index is 0.0921. The van der Waals surface area contributed by atoms with Crippen LogP contribution in [0.2, 0.25) is 5.02 Å². The van der Waals surface area contributed by atoms with E-state index in [1.54, 1.807) is 54.6 Å². The van der Waals surface area contributed by atoms with Crippen LogP contribution >= 0.6 is 11.6 Å². The average molecular weight is 467 g/mol. The van der Waals surface area contributed by atoms with E-state index in [2.05, 4.69) is 5.32 Å². The maximum absolute atomic E-state index is 13.3. The monoisotopic (exact) mass is 466 g/mol. The molecule has 0 aromatic heterocycles. The Morgan fingerprint density at radius 3 is 2.64 bits per heavy atom. The number of hydrogen-bond donors (Lipinski definition) is 1. The van der Waals surface area contributed by atoms with Crippen LogP contribution in [0.5, 0.6) is 17.2 Å². The van der Waals surface area contributed by atoms with E-state index in [-0.39, 0.29) is 24.9 Å². The number of anilines is 1. The van der Waals surface area contributed by atoms with Crippen LogP contribution in [0.3, 0.4) is 0 Å². The van der Waals surface area contributed by atoms with Crippen LogP contribution in [0.4, 0.5) is 10.1 Å². The highest BCUT2D eigenvalue weighted by Crippen LogP contribution is 2.29. The fourth-order valence-electron chi connectivity index (χ4n) is 2.86. The summed E-state index contributed by atoms with van der Waals surface area (Å²) in [6, 6.07) is 17.9. The number of carbonyl (C=O) groups excluding carboxylic acids is 1. The van der Waals surface area contributed by atoms with Crippen molar-refractivity contribution < 1.29 is 23.4 Å². The van der Waals surface area contributed by atoms with Gasteiger partial charge in [0.2, 0.25) is 5.91 Å². The second-order valence-electron chi connectivity index (χ2n) is 6.74. The standard InChI is InChI=1S/C25H20ClFN2O4/c1-31-24-14-17(5-8-23(24)32-12-11-28)6-10-25(30)29-20-7-9-22(21(26)15-20)33-16-18-3-2-4-19(27)13-18/h2-10,13-15H,12,16H2,1H3,(H,29,30)/b10-6+. The lowest BCUT2D eigenvalue weighted by Gasteiger charge is -2.10. The van der Waals surface area contributed by atoms with Crippen LogP contribution in [0.25, 0.3) is 6.08 Å². The molecule has 1 N–H and O–H groups in total. The highest BCUT2D eigenvalue weighted by Gasteiger charge is 2.07. The third kappa shape index (κ3) is 6.99. The molecule has 0 fully saturated rings. The number of methoxy groups -OCH3 is 1. The molecule has 0 saturated heterocycles. The molecule has 8 heteroatoms. The number of hydrogen-bond acceptors (Lipinski definition) is 5. The molecule has 3 aromatic carbocycles. The van der Waals surface area contributed by atoms with E-state index in [1.165, 1.54) is 25.3 Å². The SMILES string of the molecule is COc1cc(/C=C/C(=O)Nc2ccc(OCc3cccc(F)c3)c(Cl)c2)ccc1OCC#N. The highest BCUT2D eigenvalue weighted by molar-refractivity contribution is 6.32. The summed E-state index contributed by atoms with van der Waals surface area (Å²) >= 11 is 6.25. The first-order valence-electron chi connectivity index (χ1n) is 9.82. The quantitative estimate of drug-likeness (QED) is 0.414. The molecule has 6 nitrogen and oxygen atoms in total. The van der Waals surface area contributed by atoms with Gasteiger partial charge in [-0.2, -0.15) is 5.26 Å². The van der Waals surface area contributed by atoms with Gasteiger partial charge in [0.05, 0.1) is 12.1 Å². The van der Waals surface area contributed by atoms with Gasteiger partial charge in [0, 0.05) is 11.8 Å². The van der Waals surface area contributed by atoms with Crippen LogP contribution in [0.1, 0.15) is 11.1 Å². The Hall–Kier alpha value is -4.02. The topological polar surface area (TPSA) is 80.6 Å². The Kier molecular flexibility index (Phi) is 8.28.